The standard InChI is InChI=1S/C12H8ClF2N3O5/c13-10-7(1-5(17(19)20)2-8(10)15)12(4-14)6-3-9(6)23-11(16-12)18(21)22/h1-2,6,9H,3-4H2/t6?,9-,12+/m1/s1. The molecule has 0 saturated heterocycles. The van der Waals surface area contributed by atoms with E-state index in [0.717, 1.165) is 6.07 Å². The van der Waals surface area contributed by atoms with Gasteiger partial charge in [-0.1, -0.05) is 11.6 Å². The summed E-state index contributed by atoms with van der Waals surface area (Å²) in [6, 6.07) is 0.580. The number of amidine groups is 1. The molecular formula is C12H8ClF2N3O5. The van der Waals surface area contributed by atoms with Crippen LogP contribution in [0.4, 0.5) is 14.5 Å². The van der Waals surface area contributed by atoms with E-state index < -0.39 is 56.6 Å². The molecule has 1 saturated carbocycles. The third-order valence-corrected chi connectivity index (χ3v) is 4.33. The highest BCUT2D eigenvalue weighted by molar-refractivity contribution is 6.31. The monoisotopic (exact) mass is 347 g/mol. The molecule has 0 aromatic heterocycles. The lowest BCUT2D eigenvalue weighted by molar-refractivity contribution is -0.385. The van der Waals surface area contributed by atoms with Gasteiger partial charge in [0.05, 0.1) is 21.9 Å². The Hall–Kier alpha value is -2.36. The number of aliphatic imine (C=N–C) groups is 1. The van der Waals surface area contributed by atoms with Gasteiger partial charge in [-0.3, -0.25) is 10.1 Å². The number of fused-ring (bicyclic) bond motifs is 1. The zero-order chi connectivity index (χ0) is 16.9. The Balaban J connectivity index is 2.23. The Bertz CT molecular complexity index is 758. The van der Waals surface area contributed by atoms with Crippen molar-refractivity contribution in [2.45, 2.75) is 18.1 Å². The molecule has 1 fully saturated rings. The van der Waals surface area contributed by atoms with Crippen LogP contribution in [-0.2, 0) is 10.3 Å². The summed E-state index contributed by atoms with van der Waals surface area (Å²) in [5.74, 6) is -1.72. The Kier molecular flexibility index (Phi) is 3.43. The molecule has 2 aliphatic rings. The average molecular weight is 348 g/mol. The van der Waals surface area contributed by atoms with Gasteiger partial charge in [-0.15, -0.1) is 0 Å². The van der Waals surface area contributed by atoms with Gasteiger partial charge in [-0.2, -0.15) is 0 Å². The van der Waals surface area contributed by atoms with Gasteiger partial charge in [0.25, 0.3) is 5.69 Å². The predicted molar refractivity (Wildman–Crippen MR) is 73.1 cm³/mol. The second-order valence-corrected chi connectivity index (χ2v) is 5.63. The first-order valence-electron chi connectivity index (χ1n) is 6.41. The van der Waals surface area contributed by atoms with Crippen molar-refractivity contribution in [1.29, 1.82) is 0 Å². The van der Waals surface area contributed by atoms with E-state index in [-0.39, 0.29) is 12.0 Å². The maximum Gasteiger partial charge on any atom is 0.536 e. The number of halogens is 3. The Labute approximate surface area is 132 Å². The quantitative estimate of drug-likeness (QED) is 0.616. The van der Waals surface area contributed by atoms with Gasteiger partial charge in [0, 0.05) is 16.6 Å². The highest BCUT2D eigenvalue weighted by atomic mass is 35.5. The van der Waals surface area contributed by atoms with Gasteiger partial charge in [0.15, 0.2) is 0 Å². The number of hydrogen-bond donors (Lipinski definition) is 0. The van der Waals surface area contributed by atoms with Crippen LogP contribution in [0.1, 0.15) is 12.0 Å². The number of benzene rings is 1. The molecular weight excluding hydrogens is 340 g/mol. The normalized spacial score (nSPS) is 28.4. The highest BCUT2D eigenvalue weighted by Gasteiger charge is 2.65. The van der Waals surface area contributed by atoms with Crippen LogP contribution < -0.4 is 0 Å². The summed E-state index contributed by atoms with van der Waals surface area (Å²) < 4.78 is 32.7. The maximum absolute atomic E-state index is 13.9. The van der Waals surface area contributed by atoms with E-state index >= 15 is 0 Å². The molecule has 0 N–H and O–H groups in total. The first-order chi connectivity index (χ1) is 10.8. The SMILES string of the molecule is O=[N+]([O-])C1=N[C@](CF)(c2cc([N+](=O)[O-])cc(F)c2Cl)C2C[C@H]2O1. The molecule has 3 rings (SSSR count). The van der Waals surface area contributed by atoms with Crippen LogP contribution >= 0.6 is 11.6 Å². The van der Waals surface area contributed by atoms with Gasteiger partial charge < -0.3 is 14.9 Å². The zero-order valence-electron chi connectivity index (χ0n) is 11.2. The minimum Gasteiger partial charge on any atom is -0.422 e. The van der Waals surface area contributed by atoms with Crippen molar-refractivity contribution in [3.63, 3.8) is 0 Å². The molecule has 0 radical (unpaired) electrons. The summed E-state index contributed by atoms with van der Waals surface area (Å²) >= 11 is 5.84. The molecule has 1 aliphatic carbocycles. The first-order valence-corrected chi connectivity index (χ1v) is 6.78. The second-order valence-electron chi connectivity index (χ2n) is 5.25. The Morgan fingerprint density at radius 3 is 2.65 bits per heavy atom. The molecule has 3 atom stereocenters. The van der Waals surface area contributed by atoms with Crippen molar-refractivity contribution < 1.29 is 23.4 Å². The van der Waals surface area contributed by atoms with Crippen molar-refractivity contribution in [2.24, 2.45) is 10.9 Å². The maximum atomic E-state index is 13.9. The fourth-order valence-electron chi connectivity index (χ4n) is 2.76. The molecule has 0 amide bonds. The molecule has 0 bridgehead atoms. The lowest BCUT2D eigenvalue weighted by atomic mass is 9.85. The van der Waals surface area contributed by atoms with Crippen molar-refractivity contribution in [1.82, 2.24) is 0 Å². The number of hydrogen-bond acceptors (Lipinski definition) is 6. The smallest absolute Gasteiger partial charge is 0.422 e. The minimum atomic E-state index is -1.87. The van der Waals surface area contributed by atoms with E-state index in [9.17, 15) is 29.0 Å². The molecule has 1 aromatic carbocycles. The van der Waals surface area contributed by atoms with E-state index in [2.05, 4.69) is 4.99 Å². The fraction of sp³-hybridized carbons (Fsp3) is 0.417. The van der Waals surface area contributed by atoms with Crippen LogP contribution in [0.5, 0.6) is 0 Å². The number of nitrogens with zero attached hydrogens (tertiary/aromatic N) is 3. The lowest BCUT2D eigenvalue weighted by Crippen LogP contribution is -2.39. The van der Waals surface area contributed by atoms with E-state index in [0.29, 0.717) is 6.07 Å². The summed E-state index contributed by atoms with van der Waals surface area (Å²) in [7, 11) is 0. The molecule has 0 spiro atoms. The largest absolute Gasteiger partial charge is 0.536 e. The number of non-ortho nitro benzene ring substituents is 1. The summed E-state index contributed by atoms with van der Waals surface area (Å²) in [6.45, 7) is -1.23. The molecule has 1 unspecified atom stereocenters. The summed E-state index contributed by atoms with van der Waals surface area (Å²) in [6.07, 6.45) is -0.396. The van der Waals surface area contributed by atoms with Gasteiger partial charge in [0.1, 0.15) is 18.6 Å². The molecule has 23 heavy (non-hydrogen) atoms. The number of rotatable bonds is 3. The Morgan fingerprint density at radius 2 is 2.09 bits per heavy atom. The van der Waals surface area contributed by atoms with Gasteiger partial charge in [-0.05, 0) is 11.4 Å². The van der Waals surface area contributed by atoms with Crippen LogP contribution in [0, 0.1) is 32.0 Å². The summed E-state index contributed by atoms with van der Waals surface area (Å²) in [5, 5.41) is 21.2. The highest BCUT2D eigenvalue weighted by Crippen LogP contribution is 2.55. The van der Waals surface area contributed by atoms with E-state index in [4.69, 9.17) is 16.3 Å². The van der Waals surface area contributed by atoms with E-state index in [1.54, 1.807) is 0 Å². The predicted octanol–water partition coefficient (Wildman–Crippen LogP) is 2.60. The van der Waals surface area contributed by atoms with Crippen LogP contribution in [0.15, 0.2) is 17.1 Å². The topological polar surface area (TPSA) is 108 Å². The van der Waals surface area contributed by atoms with Gasteiger partial charge in [0.2, 0.25) is 5.54 Å². The van der Waals surface area contributed by atoms with Crippen LogP contribution in [0.25, 0.3) is 0 Å². The van der Waals surface area contributed by atoms with Gasteiger partial charge >= 0.3 is 6.02 Å². The molecule has 1 heterocycles. The molecule has 1 aliphatic heterocycles. The number of alkyl halides is 1. The second kappa shape index (κ2) is 5.08. The van der Waals surface area contributed by atoms with Gasteiger partial charge in [-0.25, -0.2) is 8.78 Å². The number of nitro benzene ring substituents is 1. The minimum absolute atomic E-state index is 0.255. The van der Waals surface area contributed by atoms with Crippen LogP contribution in [0.2, 0.25) is 5.02 Å². The molecule has 1 aromatic rings. The van der Waals surface area contributed by atoms with Crippen molar-refractivity contribution in [2.75, 3.05) is 6.67 Å². The zero-order valence-corrected chi connectivity index (χ0v) is 12.0. The third-order valence-electron chi connectivity index (χ3n) is 3.95. The Morgan fingerprint density at radius 1 is 1.39 bits per heavy atom. The van der Waals surface area contributed by atoms with Crippen LogP contribution in [-0.4, -0.2) is 28.6 Å². The van der Waals surface area contributed by atoms with Crippen molar-refractivity contribution >= 4 is 23.3 Å². The third kappa shape index (κ3) is 2.29. The summed E-state index contributed by atoms with van der Waals surface area (Å²) in [5.41, 5.74) is -2.80. The van der Waals surface area contributed by atoms with E-state index in [1.165, 1.54) is 0 Å². The number of nitro groups is 2. The first kappa shape index (κ1) is 15.5. The lowest BCUT2D eigenvalue weighted by Gasteiger charge is -2.25. The van der Waals surface area contributed by atoms with Crippen molar-refractivity contribution in [3.8, 4) is 0 Å². The fourth-order valence-corrected chi connectivity index (χ4v) is 3.03. The molecule has 122 valence electrons. The van der Waals surface area contributed by atoms with Crippen molar-refractivity contribution in [3.05, 3.63) is 48.8 Å². The average Bonchev–Trinajstić information content (AvgIpc) is 3.28. The summed E-state index contributed by atoms with van der Waals surface area (Å²) in [4.78, 5) is 23.7. The van der Waals surface area contributed by atoms with Crippen LogP contribution in [0.3, 0.4) is 0 Å². The molecule has 8 nitrogen and oxygen atoms in total. The molecule has 11 heteroatoms. The number of ether oxygens (including phenoxy) is 1. The van der Waals surface area contributed by atoms with E-state index in [1.807, 2.05) is 0 Å².